The van der Waals surface area contributed by atoms with Crippen LogP contribution in [0.4, 0.5) is 0 Å². The van der Waals surface area contributed by atoms with Crippen LogP contribution in [0.3, 0.4) is 0 Å². The number of nitrogens with zero attached hydrogens (tertiary/aromatic N) is 2. The first-order valence-corrected chi connectivity index (χ1v) is 7.71. The fraction of sp³-hybridized carbons (Fsp3) is 0.263. The van der Waals surface area contributed by atoms with Crippen molar-refractivity contribution in [3.63, 3.8) is 0 Å². The van der Waals surface area contributed by atoms with E-state index in [0.29, 0.717) is 16.7 Å². The molecule has 0 spiro atoms. The van der Waals surface area contributed by atoms with E-state index in [1.807, 2.05) is 18.2 Å². The lowest BCUT2D eigenvalue weighted by atomic mass is 9.97. The van der Waals surface area contributed by atoms with Gasteiger partial charge in [-0.3, -0.25) is 9.69 Å². The van der Waals surface area contributed by atoms with Crippen LogP contribution >= 0.6 is 0 Å². The highest BCUT2D eigenvalue weighted by atomic mass is 16.5. The van der Waals surface area contributed by atoms with E-state index < -0.39 is 0 Å². The molecular formula is C19H18N2O2. The van der Waals surface area contributed by atoms with Gasteiger partial charge in [0.05, 0.1) is 24.8 Å². The smallest absolute Gasteiger partial charge is 0.194 e. The maximum atomic E-state index is 12.7. The number of nitriles is 1. The van der Waals surface area contributed by atoms with E-state index >= 15 is 0 Å². The molecule has 1 aliphatic heterocycles. The van der Waals surface area contributed by atoms with Gasteiger partial charge < -0.3 is 4.74 Å². The second-order valence-electron chi connectivity index (χ2n) is 5.58. The molecule has 0 aromatic heterocycles. The van der Waals surface area contributed by atoms with E-state index in [-0.39, 0.29) is 5.78 Å². The Morgan fingerprint density at radius 3 is 2.70 bits per heavy atom. The van der Waals surface area contributed by atoms with Crippen LogP contribution in [0, 0.1) is 11.3 Å². The number of hydrogen-bond acceptors (Lipinski definition) is 4. The molecule has 0 amide bonds. The van der Waals surface area contributed by atoms with Crippen LogP contribution in [-0.4, -0.2) is 37.0 Å². The zero-order valence-electron chi connectivity index (χ0n) is 12.9. The third-order valence-electron chi connectivity index (χ3n) is 3.99. The molecule has 1 fully saturated rings. The summed E-state index contributed by atoms with van der Waals surface area (Å²) in [4.78, 5) is 15.0. The van der Waals surface area contributed by atoms with Gasteiger partial charge in [0.15, 0.2) is 5.78 Å². The maximum absolute atomic E-state index is 12.7. The average Bonchev–Trinajstić information content (AvgIpc) is 2.62. The Bertz CT molecular complexity index is 743. The summed E-state index contributed by atoms with van der Waals surface area (Å²) in [6.07, 6.45) is 0. The minimum Gasteiger partial charge on any atom is -0.379 e. The van der Waals surface area contributed by atoms with Crippen LogP contribution in [0.1, 0.15) is 27.0 Å². The largest absolute Gasteiger partial charge is 0.379 e. The fourth-order valence-corrected chi connectivity index (χ4v) is 2.76. The van der Waals surface area contributed by atoms with Crippen molar-refractivity contribution in [1.29, 1.82) is 5.26 Å². The molecule has 1 heterocycles. The molecule has 0 atom stereocenters. The molecule has 0 saturated carbocycles. The Balaban J connectivity index is 1.81. The van der Waals surface area contributed by atoms with Crippen molar-refractivity contribution in [3.8, 4) is 6.07 Å². The number of benzene rings is 2. The summed E-state index contributed by atoms with van der Waals surface area (Å²) in [6, 6.07) is 16.7. The first kappa shape index (κ1) is 15.4. The summed E-state index contributed by atoms with van der Waals surface area (Å²) < 4.78 is 5.36. The van der Waals surface area contributed by atoms with E-state index in [1.54, 1.807) is 30.3 Å². The van der Waals surface area contributed by atoms with Crippen LogP contribution in [0.2, 0.25) is 0 Å². The summed E-state index contributed by atoms with van der Waals surface area (Å²) in [5, 5.41) is 9.16. The zero-order valence-corrected chi connectivity index (χ0v) is 12.9. The van der Waals surface area contributed by atoms with Gasteiger partial charge in [0, 0.05) is 30.8 Å². The molecule has 2 aromatic rings. The molecule has 2 aromatic carbocycles. The highest BCUT2D eigenvalue weighted by Crippen LogP contribution is 2.16. The predicted octanol–water partition coefficient (Wildman–Crippen LogP) is 2.62. The fourth-order valence-electron chi connectivity index (χ4n) is 2.76. The van der Waals surface area contributed by atoms with Crippen LogP contribution in [-0.2, 0) is 11.3 Å². The Labute approximate surface area is 135 Å². The Kier molecular flexibility index (Phi) is 4.82. The van der Waals surface area contributed by atoms with Gasteiger partial charge in [-0.2, -0.15) is 5.26 Å². The Morgan fingerprint density at radius 2 is 1.91 bits per heavy atom. The Morgan fingerprint density at radius 1 is 1.13 bits per heavy atom. The molecule has 1 aliphatic rings. The number of morpholine rings is 1. The topological polar surface area (TPSA) is 53.3 Å². The van der Waals surface area contributed by atoms with Gasteiger partial charge >= 0.3 is 0 Å². The van der Waals surface area contributed by atoms with E-state index in [0.717, 1.165) is 38.4 Å². The van der Waals surface area contributed by atoms with Crippen molar-refractivity contribution in [2.75, 3.05) is 26.3 Å². The molecule has 4 heteroatoms. The third kappa shape index (κ3) is 3.65. The molecule has 3 rings (SSSR count). The molecule has 0 bridgehead atoms. The lowest BCUT2D eigenvalue weighted by Gasteiger charge is -2.26. The summed E-state index contributed by atoms with van der Waals surface area (Å²) >= 11 is 0. The first-order chi connectivity index (χ1) is 11.3. The molecule has 0 N–H and O–H groups in total. The minimum absolute atomic E-state index is 0.106. The van der Waals surface area contributed by atoms with Gasteiger partial charge in [-0.05, 0) is 23.8 Å². The van der Waals surface area contributed by atoms with Crippen LogP contribution in [0.5, 0.6) is 0 Å². The van der Waals surface area contributed by atoms with Crippen molar-refractivity contribution >= 4 is 5.78 Å². The lowest BCUT2D eigenvalue weighted by molar-refractivity contribution is 0.0342. The quantitative estimate of drug-likeness (QED) is 0.815. The summed E-state index contributed by atoms with van der Waals surface area (Å²) in [7, 11) is 0. The van der Waals surface area contributed by atoms with Crippen molar-refractivity contribution in [2.45, 2.75) is 6.54 Å². The van der Waals surface area contributed by atoms with E-state index in [4.69, 9.17) is 10.00 Å². The highest BCUT2D eigenvalue weighted by Gasteiger charge is 2.15. The Hall–Kier alpha value is -2.48. The van der Waals surface area contributed by atoms with E-state index in [2.05, 4.69) is 11.0 Å². The van der Waals surface area contributed by atoms with Crippen LogP contribution < -0.4 is 0 Å². The van der Waals surface area contributed by atoms with Crippen molar-refractivity contribution in [2.24, 2.45) is 0 Å². The third-order valence-corrected chi connectivity index (χ3v) is 3.99. The molecule has 0 aliphatic carbocycles. The van der Waals surface area contributed by atoms with Crippen molar-refractivity contribution in [3.05, 3.63) is 70.8 Å². The summed E-state index contributed by atoms with van der Waals surface area (Å²) in [5.74, 6) is -0.106. The number of ketones is 1. The average molecular weight is 306 g/mol. The summed E-state index contributed by atoms with van der Waals surface area (Å²) in [5.41, 5.74) is 2.60. The van der Waals surface area contributed by atoms with Gasteiger partial charge in [0.1, 0.15) is 0 Å². The normalized spacial score (nSPS) is 15.1. The maximum Gasteiger partial charge on any atom is 0.194 e. The molecule has 1 saturated heterocycles. The first-order valence-electron chi connectivity index (χ1n) is 7.71. The van der Waals surface area contributed by atoms with Gasteiger partial charge in [0.2, 0.25) is 0 Å². The van der Waals surface area contributed by atoms with Crippen LogP contribution in [0.25, 0.3) is 0 Å². The predicted molar refractivity (Wildman–Crippen MR) is 87.1 cm³/mol. The lowest BCUT2D eigenvalue weighted by Crippen LogP contribution is -2.35. The number of ether oxygens (including phenoxy) is 1. The van der Waals surface area contributed by atoms with Gasteiger partial charge in [-0.15, -0.1) is 0 Å². The molecule has 4 nitrogen and oxygen atoms in total. The zero-order chi connectivity index (χ0) is 16.1. The monoisotopic (exact) mass is 306 g/mol. The van der Waals surface area contributed by atoms with Gasteiger partial charge in [0.25, 0.3) is 0 Å². The van der Waals surface area contributed by atoms with Gasteiger partial charge in [-0.25, -0.2) is 0 Å². The molecule has 0 radical (unpaired) electrons. The highest BCUT2D eigenvalue weighted by molar-refractivity contribution is 6.10. The second-order valence-corrected chi connectivity index (χ2v) is 5.58. The molecule has 0 unspecified atom stereocenters. The number of rotatable bonds is 4. The summed E-state index contributed by atoms with van der Waals surface area (Å²) in [6.45, 7) is 4.15. The number of carbonyl (C=O) groups excluding carboxylic acids is 1. The number of carbonyl (C=O) groups is 1. The van der Waals surface area contributed by atoms with Gasteiger partial charge in [-0.1, -0.05) is 30.3 Å². The second kappa shape index (κ2) is 7.19. The van der Waals surface area contributed by atoms with Crippen molar-refractivity contribution in [1.82, 2.24) is 4.90 Å². The molecule has 116 valence electrons. The van der Waals surface area contributed by atoms with E-state index in [1.165, 1.54) is 0 Å². The van der Waals surface area contributed by atoms with Crippen LogP contribution in [0.15, 0.2) is 48.5 Å². The standard InChI is InChI=1S/C19H18N2O2/c20-13-17-5-1-2-7-18(17)19(22)16-6-3-4-15(12-16)14-21-8-10-23-11-9-21/h1-7,12H,8-11,14H2. The SMILES string of the molecule is N#Cc1ccccc1C(=O)c1cccc(CN2CCOCC2)c1. The number of hydrogen-bond donors (Lipinski definition) is 0. The molecule has 23 heavy (non-hydrogen) atoms. The van der Waals surface area contributed by atoms with E-state index in [9.17, 15) is 4.79 Å². The van der Waals surface area contributed by atoms with Crippen molar-refractivity contribution < 1.29 is 9.53 Å². The minimum atomic E-state index is -0.106. The molecular weight excluding hydrogens is 288 g/mol.